The van der Waals surface area contributed by atoms with Crippen LogP contribution in [0.4, 0.5) is 19.3 Å². The van der Waals surface area contributed by atoms with E-state index < -0.39 is 34.3 Å². The third-order valence-electron chi connectivity index (χ3n) is 4.28. The van der Waals surface area contributed by atoms with Gasteiger partial charge in [-0.05, 0) is 26.0 Å². The molecule has 1 aromatic heterocycles. The van der Waals surface area contributed by atoms with Crippen LogP contribution in [-0.2, 0) is 0 Å². The number of rotatable bonds is 6. The van der Waals surface area contributed by atoms with Crippen LogP contribution in [0.25, 0.3) is 10.9 Å². The molecule has 0 radical (unpaired) electrons. The zero-order valence-corrected chi connectivity index (χ0v) is 18.0. The van der Waals surface area contributed by atoms with Crippen molar-refractivity contribution < 1.29 is 27.8 Å². The highest BCUT2D eigenvalue weighted by Crippen LogP contribution is 2.39. The van der Waals surface area contributed by atoms with E-state index in [9.17, 15) is 18.4 Å². The molecule has 0 bridgehead atoms. The van der Waals surface area contributed by atoms with Crippen molar-refractivity contribution in [3.8, 4) is 17.2 Å². The number of amides is 3. The van der Waals surface area contributed by atoms with Gasteiger partial charge in [0.2, 0.25) is 0 Å². The summed E-state index contributed by atoms with van der Waals surface area (Å²) in [4.78, 5) is 27.7. The molecule has 8 nitrogen and oxygen atoms in total. The summed E-state index contributed by atoms with van der Waals surface area (Å²) in [5, 5.41) is 4.52. The highest BCUT2D eigenvalue weighted by atomic mass is 35.5. The van der Waals surface area contributed by atoms with Crippen molar-refractivity contribution in [2.24, 2.45) is 5.73 Å². The number of hydrogen-bond donors (Lipinski definition) is 3. The summed E-state index contributed by atoms with van der Waals surface area (Å²) in [5.74, 6) is -3.72. The monoisotopic (exact) mass is 464 g/mol. The Kier molecular flexibility index (Phi) is 6.64. The maximum Gasteiger partial charge on any atom is 0.319 e. The number of carbonyl (C=O) groups excluding carboxylic acids is 2. The van der Waals surface area contributed by atoms with E-state index in [4.69, 9.17) is 26.8 Å². The molecule has 0 atom stereocenters. The number of aromatic nitrogens is 1. The van der Waals surface area contributed by atoms with Crippen molar-refractivity contribution in [1.29, 1.82) is 0 Å². The zero-order valence-electron chi connectivity index (χ0n) is 17.3. The second-order valence-corrected chi connectivity index (χ2v) is 7.34. The molecule has 4 N–H and O–H groups in total. The number of halogens is 3. The molecule has 32 heavy (non-hydrogen) atoms. The largest absolute Gasteiger partial charge is 0.496 e. The minimum Gasteiger partial charge on any atom is -0.496 e. The van der Waals surface area contributed by atoms with Gasteiger partial charge in [0.25, 0.3) is 5.91 Å². The van der Waals surface area contributed by atoms with E-state index in [0.717, 1.165) is 6.07 Å². The SMILES string of the molecule is COc1cc2nccc(Oc3c(F)cc(NC(=O)NC(C)C)c(Cl)c3F)c2cc1C(N)=O. The summed E-state index contributed by atoms with van der Waals surface area (Å²) < 4.78 is 40.2. The number of pyridine rings is 1. The smallest absolute Gasteiger partial charge is 0.319 e. The number of fused-ring (bicyclic) bond motifs is 1. The van der Waals surface area contributed by atoms with E-state index in [0.29, 0.717) is 5.52 Å². The van der Waals surface area contributed by atoms with Crippen LogP contribution in [0.1, 0.15) is 24.2 Å². The van der Waals surface area contributed by atoms with Crippen LogP contribution >= 0.6 is 11.6 Å². The Hall–Kier alpha value is -3.66. The molecule has 3 amide bonds. The number of benzene rings is 2. The number of urea groups is 1. The molecule has 0 fully saturated rings. The van der Waals surface area contributed by atoms with Gasteiger partial charge >= 0.3 is 6.03 Å². The standard InChI is InChI=1S/C21H19ClF2N4O4/c1-9(2)27-21(30)28-14-7-12(23)19(18(24)17(14)22)32-15-4-5-26-13-8-16(31-3)11(20(25)29)6-10(13)15/h4-9H,1-3H3,(H2,25,29)(H2,27,28,30). The van der Waals surface area contributed by atoms with Crippen molar-refractivity contribution in [2.75, 3.05) is 12.4 Å². The Balaban J connectivity index is 2.03. The van der Waals surface area contributed by atoms with Crippen LogP contribution in [0.15, 0.2) is 30.5 Å². The number of anilines is 1. The van der Waals surface area contributed by atoms with Gasteiger partial charge in [-0.1, -0.05) is 11.6 Å². The second-order valence-electron chi connectivity index (χ2n) is 6.96. The first-order chi connectivity index (χ1) is 15.1. The first kappa shape index (κ1) is 23.0. The van der Waals surface area contributed by atoms with Gasteiger partial charge in [0.05, 0.1) is 23.9 Å². The Morgan fingerprint density at radius 2 is 1.91 bits per heavy atom. The fraction of sp³-hybridized carbons (Fsp3) is 0.190. The maximum atomic E-state index is 14.9. The average molecular weight is 465 g/mol. The molecule has 0 aliphatic carbocycles. The minimum absolute atomic E-state index is 0.00715. The van der Waals surface area contributed by atoms with Crippen LogP contribution in [0.2, 0.25) is 5.02 Å². The molecule has 2 aromatic carbocycles. The summed E-state index contributed by atoms with van der Waals surface area (Å²) in [6.07, 6.45) is 1.35. The number of ether oxygens (including phenoxy) is 2. The molecule has 0 saturated heterocycles. The van der Waals surface area contributed by atoms with Crippen molar-refractivity contribution in [3.05, 3.63) is 52.7 Å². The fourth-order valence-electron chi connectivity index (χ4n) is 2.89. The summed E-state index contributed by atoms with van der Waals surface area (Å²) in [6.45, 7) is 3.44. The summed E-state index contributed by atoms with van der Waals surface area (Å²) in [6, 6.07) is 4.11. The van der Waals surface area contributed by atoms with Gasteiger partial charge in [0.1, 0.15) is 16.5 Å². The normalized spacial score (nSPS) is 10.8. The van der Waals surface area contributed by atoms with Crippen molar-refractivity contribution in [3.63, 3.8) is 0 Å². The molecule has 3 rings (SSSR count). The first-order valence-electron chi connectivity index (χ1n) is 9.31. The van der Waals surface area contributed by atoms with Gasteiger partial charge in [-0.15, -0.1) is 0 Å². The minimum atomic E-state index is -1.22. The second kappa shape index (κ2) is 9.23. The lowest BCUT2D eigenvalue weighted by molar-refractivity contribution is 0.0997. The van der Waals surface area contributed by atoms with Crippen molar-refractivity contribution in [2.45, 2.75) is 19.9 Å². The van der Waals surface area contributed by atoms with E-state index in [-0.39, 0.29) is 34.2 Å². The zero-order chi connectivity index (χ0) is 23.6. The Labute approximate surface area is 186 Å². The number of nitrogens with two attached hydrogens (primary N) is 1. The number of nitrogens with one attached hydrogen (secondary N) is 2. The third kappa shape index (κ3) is 4.65. The third-order valence-corrected chi connectivity index (χ3v) is 4.65. The molecule has 0 spiro atoms. The summed E-state index contributed by atoms with van der Waals surface area (Å²) in [5.41, 5.74) is 5.48. The molecule has 0 unspecified atom stereocenters. The number of carbonyl (C=O) groups is 2. The fourth-order valence-corrected chi connectivity index (χ4v) is 3.08. The molecule has 168 valence electrons. The van der Waals surface area contributed by atoms with Crippen molar-refractivity contribution in [1.82, 2.24) is 10.3 Å². The summed E-state index contributed by atoms with van der Waals surface area (Å²) in [7, 11) is 1.36. The highest BCUT2D eigenvalue weighted by molar-refractivity contribution is 6.34. The maximum absolute atomic E-state index is 14.9. The molecule has 3 aromatic rings. The predicted octanol–water partition coefficient (Wildman–Crippen LogP) is 4.60. The molecule has 11 heteroatoms. The first-order valence-corrected chi connectivity index (χ1v) is 9.69. The lowest BCUT2D eigenvalue weighted by atomic mass is 10.1. The van der Waals surface area contributed by atoms with Crippen LogP contribution in [0.3, 0.4) is 0 Å². The lowest BCUT2D eigenvalue weighted by Crippen LogP contribution is -2.34. The summed E-state index contributed by atoms with van der Waals surface area (Å²) >= 11 is 5.99. The van der Waals surface area contributed by atoms with E-state index in [1.807, 2.05) is 0 Å². The van der Waals surface area contributed by atoms with Gasteiger partial charge in [-0.3, -0.25) is 9.78 Å². The molecule has 0 aliphatic rings. The number of primary amides is 1. The molecule has 1 heterocycles. The quantitative estimate of drug-likeness (QED) is 0.461. The predicted molar refractivity (Wildman–Crippen MR) is 116 cm³/mol. The van der Waals surface area contributed by atoms with Gasteiger partial charge in [0, 0.05) is 29.8 Å². The van der Waals surface area contributed by atoms with Gasteiger partial charge < -0.3 is 25.8 Å². The van der Waals surface area contributed by atoms with Crippen LogP contribution in [-0.4, -0.2) is 30.1 Å². The highest BCUT2D eigenvalue weighted by Gasteiger charge is 2.22. The van der Waals surface area contributed by atoms with E-state index >= 15 is 0 Å². The molecular weight excluding hydrogens is 446 g/mol. The topological polar surface area (TPSA) is 116 Å². The van der Waals surface area contributed by atoms with Crippen LogP contribution < -0.4 is 25.8 Å². The van der Waals surface area contributed by atoms with E-state index in [1.165, 1.54) is 31.5 Å². The Bertz CT molecular complexity index is 1220. The van der Waals surface area contributed by atoms with Gasteiger partial charge in [-0.2, -0.15) is 0 Å². The lowest BCUT2D eigenvalue weighted by Gasteiger charge is -2.15. The van der Waals surface area contributed by atoms with Crippen molar-refractivity contribution >= 4 is 40.1 Å². The average Bonchev–Trinajstić information content (AvgIpc) is 2.73. The number of hydrogen-bond acceptors (Lipinski definition) is 5. The van der Waals surface area contributed by atoms with Gasteiger partial charge in [0.15, 0.2) is 17.4 Å². The Morgan fingerprint density at radius 3 is 2.53 bits per heavy atom. The van der Waals surface area contributed by atoms with E-state index in [1.54, 1.807) is 13.8 Å². The van der Waals surface area contributed by atoms with E-state index in [2.05, 4.69) is 15.6 Å². The molecule has 0 aliphatic heterocycles. The van der Waals surface area contributed by atoms with Crippen LogP contribution in [0.5, 0.6) is 17.2 Å². The molecular formula is C21H19ClF2N4O4. The van der Waals surface area contributed by atoms with Crippen LogP contribution in [0, 0.1) is 11.6 Å². The Morgan fingerprint density at radius 1 is 1.19 bits per heavy atom. The van der Waals surface area contributed by atoms with Gasteiger partial charge in [-0.25, -0.2) is 13.6 Å². The number of methoxy groups -OCH3 is 1. The number of nitrogens with zero attached hydrogens (tertiary/aromatic N) is 1. The molecule has 0 saturated carbocycles.